The molecule has 16 heavy (non-hydrogen) atoms. The summed E-state index contributed by atoms with van der Waals surface area (Å²) in [7, 11) is 0. The SMILES string of the molecule is Cc1cc(-c2ccc(F)c(Cl)c2)nc(Br)n1. The number of aryl methyl sites for hydroxylation is 1. The van der Waals surface area contributed by atoms with Crippen molar-refractivity contribution in [2.45, 2.75) is 6.92 Å². The largest absolute Gasteiger partial charge is 0.227 e. The lowest BCUT2D eigenvalue weighted by atomic mass is 10.1. The lowest BCUT2D eigenvalue weighted by molar-refractivity contribution is 0.628. The first-order valence-corrected chi connectivity index (χ1v) is 5.70. The highest BCUT2D eigenvalue weighted by Gasteiger charge is 2.06. The lowest BCUT2D eigenvalue weighted by Gasteiger charge is -2.03. The first kappa shape index (κ1) is 11.5. The van der Waals surface area contributed by atoms with Gasteiger partial charge >= 0.3 is 0 Å². The van der Waals surface area contributed by atoms with Crippen LogP contribution >= 0.6 is 27.5 Å². The third kappa shape index (κ3) is 2.39. The first-order valence-electron chi connectivity index (χ1n) is 4.53. The highest BCUT2D eigenvalue weighted by Crippen LogP contribution is 2.24. The molecule has 0 radical (unpaired) electrons. The summed E-state index contributed by atoms with van der Waals surface area (Å²) in [6.07, 6.45) is 0. The van der Waals surface area contributed by atoms with Crippen LogP contribution in [0.2, 0.25) is 5.02 Å². The minimum Gasteiger partial charge on any atom is -0.227 e. The molecule has 0 N–H and O–H groups in total. The van der Waals surface area contributed by atoms with Crippen LogP contribution in [0.1, 0.15) is 5.69 Å². The third-order valence-electron chi connectivity index (χ3n) is 2.04. The summed E-state index contributed by atoms with van der Waals surface area (Å²) in [5.74, 6) is -0.435. The van der Waals surface area contributed by atoms with E-state index in [1.54, 1.807) is 12.1 Å². The molecule has 0 atom stereocenters. The molecule has 0 amide bonds. The molecule has 0 unspecified atom stereocenters. The number of hydrogen-bond acceptors (Lipinski definition) is 2. The second-order valence-corrected chi connectivity index (χ2v) is 4.41. The highest BCUT2D eigenvalue weighted by atomic mass is 79.9. The molecular weight excluding hydrogens is 294 g/mol. The summed E-state index contributed by atoms with van der Waals surface area (Å²) >= 11 is 8.93. The maximum absolute atomic E-state index is 13.0. The molecule has 1 aromatic heterocycles. The standard InChI is InChI=1S/C11H7BrClFN2/c1-6-4-10(16-11(12)15-6)7-2-3-9(14)8(13)5-7/h2-5H,1H3. The number of hydrogen-bond donors (Lipinski definition) is 0. The second kappa shape index (κ2) is 4.47. The smallest absolute Gasteiger partial charge is 0.197 e. The Balaban J connectivity index is 2.54. The van der Waals surface area contributed by atoms with Crippen molar-refractivity contribution in [1.29, 1.82) is 0 Å². The van der Waals surface area contributed by atoms with Gasteiger partial charge in [0.1, 0.15) is 5.82 Å². The van der Waals surface area contributed by atoms with Crippen molar-refractivity contribution in [2.24, 2.45) is 0 Å². The maximum atomic E-state index is 13.0. The van der Waals surface area contributed by atoms with E-state index >= 15 is 0 Å². The Hall–Kier alpha value is -1.000. The molecule has 0 aliphatic rings. The predicted molar refractivity (Wildman–Crippen MR) is 64.9 cm³/mol. The average Bonchev–Trinajstić information content (AvgIpc) is 2.20. The molecule has 0 spiro atoms. The Morgan fingerprint density at radius 2 is 2.00 bits per heavy atom. The van der Waals surface area contributed by atoms with Crippen LogP contribution in [0.3, 0.4) is 0 Å². The number of benzene rings is 1. The molecule has 0 aliphatic heterocycles. The molecule has 5 heteroatoms. The van der Waals surface area contributed by atoms with Crippen LogP contribution in [-0.4, -0.2) is 9.97 Å². The summed E-state index contributed by atoms with van der Waals surface area (Å²) in [6.45, 7) is 1.86. The fourth-order valence-electron chi connectivity index (χ4n) is 1.34. The number of halogens is 3. The van der Waals surface area contributed by atoms with Gasteiger partial charge in [0.15, 0.2) is 4.73 Å². The van der Waals surface area contributed by atoms with Crippen molar-refractivity contribution < 1.29 is 4.39 Å². The summed E-state index contributed by atoms with van der Waals surface area (Å²) in [6, 6.07) is 6.32. The summed E-state index contributed by atoms with van der Waals surface area (Å²) in [5.41, 5.74) is 2.30. The van der Waals surface area contributed by atoms with E-state index in [1.807, 2.05) is 13.0 Å². The molecule has 2 aromatic rings. The summed E-state index contributed by atoms with van der Waals surface area (Å²) in [5, 5.41) is 0.0879. The van der Waals surface area contributed by atoms with E-state index in [2.05, 4.69) is 25.9 Å². The fourth-order valence-corrected chi connectivity index (χ4v) is 1.99. The van der Waals surface area contributed by atoms with Gasteiger partial charge < -0.3 is 0 Å². The Morgan fingerprint density at radius 3 is 2.62 bits per heavy atom. The van der Waals surface area contributed by atoms with Gasteiger partial charge in [0.25, 0.3) is 0 Å². The van der Waals surface area contributed by atoms with Gasteiger partial charge in [-0.3, -0.25) is 0 Å². The van der Waals surface area contributed by atoms with Crippen molar-refractivity contribution in [2.75, 3.05) is 0 Å². The van der Waals surface area contributed by atoms with Gasteiger partial charge in [-0.05, 0) is 47.1 Å². The van der Waals surface area contributed by atoms with Gasteiger partial charge in [-0.25, -0.2) is 14.4 Å². The van der Waals surface area contributed by atoms with Gasteiger partial charge in [-0.2, -0.15) is 0 Å². The number of aromatic nitrogens is 2. The minimum absolute atomic E-state index is 0.0879. The van der Waals surface area contributed by atoms with Gasteiger partial charge in [0, 0.05) is 11.3 Å². The Labute approximate surface area is 106 Å². The molecule has 0 bridgehead atoms. The van der Waals surface area contributed by atoms with E-state index in [1.165, 1.54) is 6.07 Å². The monoisotopic (exact) mass is 300 g/mol. The van der Waals surface area contributed by atoms with E-state index in [-0.39, 0.29) is 5.02 Å². The maximum Gasteiger partial charge on any atom is 0.197 e. The highest BCUT2D eigenvalue weighted by molar-refractivity contribution is 9.10. The molecular formula is C11H7BrClFN2. The van der Waals surface area contributed by atoms with E-state index in [4.69, 9.17) is 11.6 Å². The van der Waals surface area contributed by atoms with Crippen molar-refractivity contribution in [3.05, 3.63) is 45.5 Å². The zero-order chi connectivity index (χ0) is 11.7. The van der Waals surface area contributed by atoms with Gasteiger partial charge in [0.05, 0.1) is 10.7 Å². The number of rotatable bonds is 1. The zero-order valence-corrected chi connectivity index (χ0v) is 10.7. The van der Waals surface area contributed by atoms with Crippen LogP contribution in [0.15, 0.2) is 29.0 Å². The van der Waals surface area contributed by atoms with Crippen molar-refractivity contribution >= 4 is 27.5 Å². The molecule has 0 saturated carbocycles. The van der Waals surface area contributed by atoms with Crippen LogP contribution in [0, 0.1) is 12.7 Å². The van der Waals surface area contributed by atoms with Gasteiger partial charge in [0.2, 0.25) is 0 Å². The third-order valence-corrected chi connectivity index (χ3v) is 2.69. The normalized spacial score (nSPS) is 10.5. The Morgan fingerprint density at radius 1 is 1.25 bits per heavy atom. The van der Waals surface area contributed by atoms with E-state index in [9.17, 15) is 4.39 Å². The summed E-state index contributed by atoms with van der Waals surface area (Å²) < 4.78 is 13.5. The zero-order valence-electron chi connectivity index (χ0n) is 8.34. The molecule has 1 heterocycles. The number of nitrogens with zero attached hydrogens (tertiary/aromatic N) is 2. The Bertz CT molecular complexity index is 525. The van der Waals surface area contributed by atoms with Crippen molar-refractivity contribution in [3.63, 3.8) is 0 Å². The van der Waals surface area contributed by atoms with E-state index < -0.39 is 5.82 Å². The lowest BCUT2D eigenvalue weighted by Crippen LogP contribution is -1.91. The molecule has 0 saturated heterocycles. The fraction of sp³-hybridized carbons (Fsp3) is 0.0909. The van der Waals surface area contributed by atoms with E-state index in [0.29, 0.717) is 10.4 Å². The van der Waals surface area contributed by atoms with Gasteiger partial charge in [-0.15, -0.1) is 0 Å². The Kier molecular flexibility index (Phi) is 3.21. The molecule has 0 fully saturated rings. The summed E-state index contributed by atoms with van der Waals surface area (Å²) in [4.78, 5) is 8.30. The molecule has 0 aliphatic carbocycles. The molecule has 1 aromatic carbocycles. The molecule has 82 valence electrons. The van der Waals surface area contributed by atoms with Crippen LogP contribution in [0.4, 0.5) is 4.39 Å². The van der Waals surface area contributed by atoms with E-state index in [0.717, 1.165) is 11.3 Å². The molecule has 2 nitrogen and oxygen atoms in total. The topological polar surface area (TPSA) is 25.8 Å². The van der Waals surface area contributed by atoms with Crippen LogP contribution < -0.4 is 0 Å². The van der Waals surface area contributed by atoms with Crippen molar-refractivity contribution in [1.82, 2.24) is 9.97 Å². The quantitative estimate of drug-likeness (QED) is 0.744. The van der Waals surface area contributed by atoms with Crippen molar-refractivity contribution in [3.8, 4) is 11.3 Å². The van der Waals surface area contributed by atoms with Gasteiger partial charge in [-0.1, -0.05) is 11.6 Å². The average molecular weight is 302 g/mol. The van der Waals surface area contributed by atoms with Crippen LogP contribution in [0.5, 0.6) is 0 Å². The van der Waals surface area contributed by atoms with Crippen LogP contribution in [0.25, 0.3) is 11.3 Å². The molecule has 2 rings (SSSR count). The first-order chi connectivity index (χ1) is 7.56. The predicted octanol–water partition coefficient (Wildman–Crippen LogP) is 4.01. The van der Waals surface area contributed by atoms with Crippen LogP contribution in [-0.2, 0) is 0 Å². The minimum atomic E-state index is -0.435. The second-order valence-electron chi connectivity index (χ2n) is 3.29.